The Morgan fingerprint density at radius 2 is 1.49 bits per heavy atom. The summed E-state index contributed by atoms with van der Waals surface area (Å²) in [7, 11) is 0. The van der Waals surface area contributed by atoms with Gasteiger partial charge >= 0.3 is 0 Å². The molecule has 1 aliphatic heterocycles. The SMILES string of the molecule is CCC(=O)N/C(=C/c1ccc(CNC(=O)[C@@H](NC(=O)c2ccnn2C(C)C)C2Cc3ccccc3C2)cc1)C(=O)N1CCN(Cc2ccccc2)CC1. The summed E-state index contributed by atoms with van der Waals surface area (Å²) >= 11 is 0. The number of amides is 4. The Hall–Kier alpha value is -5.55. The van der Waals surface area contributed by atoms with Gasteiger partial charge in [0.1, 0.15) is 17.4 Å². The van der Waals surface area contributed by atoms with Crippen molar-refractivity contribution >= 4 is 29.7 Å². The first-order valence-electron chi connectivity index (χ1n) is 18.5. The van der Waals surface area contributed by atoms with Crippen LogP contribution in [0.3, 0.4) is 0 Å². The molecule has 276 valence electrons. The lowest BCUT2D eigenvalue weighted by molar-refractivity contribution is -0.131. The topological polar surface area (TPSA) is 129 Å². The van der Waals surface area contributed by atoms with Crippen LogP contribution in [0.1, 0.15) is 71.5 Å². The molecule has 6 rings (SSSR count). The number of carbonyl (C=O) groups excluding carboxylic acids is 4. The summed E-state index contributed by atoms with van der Waals surface area (Å²) in [6, 6.07) is 26.9. The van der Waals surface area contributed by atoms with Crippen LogP contribution in [0, 0.1) is 5.92 Å². The van der Waals surface area contributed by atoms with Crippen LogP contribution in [0.2, 0.25) is 0 Å². The molecule has 4 aromatic rings. The number of carbonyl (C=O) groups is 4. The quantitative estimate of drug-likeness (QED) is 0.175. The number of hydrogen-bond donors (Lipinski definition) is 3. The van der Waals surface area contributed by atoms with E-state index in [1.807, 2.05) is 68.4 Å². The van der Waals surface area contributed by atoms with Gasteiger partial charge in [-0.05, 0) is 72.6 Å². The van der Waals surface area contributed by atoms with Crippen molar-refractivity contribution in [1.82, 2.24) is 35.5 Å². The summed E-state index contributed by atoms with van der Waals surface area (Å²) in [6.45, 7) is 9.39. The maximum atomic E-state index is 13.8. The van der Waals surface area contributed by atoms with Crippen LogP contribution in [0.25, 0.3) is 6.08 Å². The average molecular weight is 716 g/mol. The van der Waals surface area contributed by atoms with Crippen molar-refractivity contribution in [1.29, 1.82) is 0 Å². The predicted molar refractivity (Wildman–Crippen MR) is 204 cm³/mol. The number of nitrogens with zero attached hydrogens (tertiary/aromatic N) is 4. The van der Waals surface area contributed by atoms with Crippen LogP contribution >= 0.6 is 0 Å². The second-order valence-electron chi connectivity index (χ2n) is 14.1. The molecule has 1 fully saturated rings. The molecule has 0 unspecified atom stereocenters. The molecule has 2 heterocycles. The monoisotopic (exact) mass is 715 g/mol. The second-order valence-corrected chi connectivity index (χ2v) is 14.1. The first-order valence-corrected chi connectivity index (χ1v) is 18.5. The van der Waals surface area contributed by atoms with Crippen molar-refractivity contribution in [2.24, 2.45) is 5.92 Å². The van der Waals surface area contributed by atoms with E-state index in [1.54, 1.807) is 34.8 Å². The number of fused-ring (bicyclic) bond motifs is 1. The molecule has 3 N–H and O–H groups in total. The highest BCUT2D eigenvalue weighted by Gasteiger charge is 2.35. The third-order valence-electron chi connectivity index (χ3n) is 10.0. The Morgan fingerprint density at radius 3 is 2.13 bits per heavy atom. The van der Waals surface area contributed by atoms with Gasteiger partial charge in [0.25, 0.3) is 11.8 Å². The van der Waals surface area contributed by atoms with Crippen molar-refractivity contribution in [3.63, 3.8) is 0 Å². The van der Waals surface area contributed by atoms with Crippen LogP contribution in [-0.4, -0.2) is 75.4 Å². The van der Waals surface area contributed by atoms with Crippen LogP contribution in [0.5, 0.6) is 0 Å². The Morgan fingerprint density at radius 1 is 0.830 bits per heavy atom. The number of hydrogen-bond acceptors (Lipinski definition) is 6. The van der Waals surface area contributed by atoms with E-state index in [-0.39, 0.29) is 54.3 Å². The Balaban J connectivity index is 1.10. The van der Waals surface area contributed by atoms with E-state index < -0.39 is 6.04 Å². The maximum Gasteiger partial charge on any atom is 0.270 e. The largest absolute Gasteiger partial charge is 0.350 e. The molecule has 0 spiro atoms. The molecular formula is C42H49N7O4. The number of benzene rings is 3. The summed E-state index contributed by atoms with van der Waals surface area (Å²) in [4.78, 5) is 57.5. The molecule has 53 heavy (non-hydrogen) atoms. The number of piperazine rings is 1. The van der Waals surface area contributed by atoms with Crippen molar-refractivity contribution in [3.05, 3.63) is 130 Å². The molecule has 1 saturated heterocycles. The van der Waals surface area contributed by atoms with Gasteiger partial charge in [-0.1, -0.05) is 85.8 Å². The minimum absolute atomic E-state index is 0.00964. The summed E-state index contributed by atoms with van der Waals surface area (Å²) in [5.41, 5.74) is 5.88. The smallest absolute Gasteiger partial charge is 0.270 e. The van der Waals surface area contributed by atoms with E-state index in [0.717, 1.165) is 30.8 Å². The molecule has 0 saturated carbocycles. The minimum atomic E-state index is -0.747. The standard InChI is InChI=1S/C42H49N7O4/c1-4-38(50)45-36(42(53)48-22-20-47(21-23-48)28-32-10-6-5-7-11-32)24-30-14-16-31(17-15-30)27-43-41(52)39(35-25-33-12-8-9-13-34(33)26-35)46-40(51)37-18-19-44-49(37)29(2)3/h5-19,24,29,35,39H,4,20-23,25-28H2,1-3H3,(H,43,52)(H,45,50)(H,46,51)/b36-24+/t39-/m0/s1. The van der Waals surface area contributed by atoms with E-state index in [1.165, 1.54) is 16.7 Å². The van der Waals surface area contributed by atoms with Crippen molar-refractivity contribution < 1.29 is 19.2 Å². The van der Waals surface area contributed by atoms with Gasteiger partial charge in [-0.15, -0.1) is 0 Å². The molecule has 2 aliphatic rings. The lowest BCUT2D eigenvalue weighted by Crippen LogP contribution is -2.51. The van der Waals surface area contributed by atoms with Crippen LogP contribution < -0.4 is 16.0 Å². The minimum Gasteiger partial charge on any atom is -0.350 e. The Kier molecular flexibility index (Phi) is 12.2. The normalized spacial score (nSPS) is 15.5. The van der Waals surface area contributed by atoms with Gasteiger partial charge in [0.15, 0.2) is 0 Å². The summed E-state index contributed by atoms with van der Waals surface area (Å²) in [5.74, 6) is -1.12. The molecule has 1 aliphatic carbocycles. The highest BCUT2D eigenvalue weighted by atomic mass is 16.2. The fourth-order valence-electron chi connectivity index (χ4n) is 7.06. The molecule has 0 radical (unpaired) electrons. The lowest BCUT2D eigenvalue weighted by Gasteiger charge is -2.35. The number of rotatable bonds is 13. The van der Waals surface area contributed by atoms with E-state index in [4.69, 9.17) is 0 Å². The molecule has 11 heteroatoms. The third kappa shape index (κ3) is 9.47. The summed E-state index contributed by atoms with van der Waals surface area (Å²) in [6.07, 6.45) is 4.94. The zero-order valence-electron chi connectivity index (χ0n) is 30.8. The lowest BCUT2D eigenvalue weighted by atomic mass is 9.95. The first-order chi connectivity index (χ1) is 25.7. The van der Waals surface area contributed by atoms with Gasteiger partial charge in [0.05, 0.1) is 0 Å². The van der Waals surface area contributed by atoms with Crippen LogP contribution in [-0.2, 0) is 40.3 Å². The molecule has 1 aromatic heterocycles. The van der Waals surface area contributed by atoms with E-state index in [0.29, 0.717) is 31.6 Å². The van der Waals surface area contributed by atoms with Crippen LogP contribution in [0.15, 0.2) is 96.8 Å². The molecule has 1 atom stereocenters. The first kappa shape index (κ1) is 37.2. The highest BCUT2D eigenvalue weighted by Crippen LogP contribution is 2.29. The molecule has 11 nitrogen and oxygen atoms in total. The molecular weight excluding hydrogens is 667 g/mol. The van der Waals surface area contributed by atoms with Gasteiger partial charge < -0.3 is 20.9 Å². The van der Waals surface area contributed by atoms with Crippen molar-refractivity contribution in [2.75, 3.05) is 26.2 Å². The second kappa shape index (κ2) is 17.3. The van der Waals surface area contributed by atoms with E-state index >= 15 is 0 Å². The Labute approximate surface area is 311 Å². The zero-order valence-corrected chi connectivity index (χ0v) is 30.8. The number of nitrogens with one attached hydrogen (secondary N) is 3. The van der Waals surface area contributed by atoms with Gasteiger partial charge in [0, 0.05) is 57.9 Å². The van der Waals surface area contributed by atoms with Crippen molar-refractivity contribution in [2.45, 2.75) is 65.2 Å². The predicted octanol–water partition coefficient (Wildman–Crippen LogP) is 4.51. The summed E-state index contributed by atoms with van der Waals surface area (Å²) in [5, 5.41) is 13.2. The summed E-state index contributed by atoms with van der Waals surface area (Å²) < 4.78 is 1.66. The number of aromatic nitrogens is 2. The van der Waals surface area contributed by atoms with E-state index in [9.17, 15) is 19.2 Å². The molecule has 0 bridgehead atoms. The molecule has 4 amide bonds. The Bertz CT molecular complexity index is 1900. The fraction of sp³-hybridized carbons (Fsp3) is 0.357. The van der Waals surface area contributed by atoms with Crippen molar-refractivity contribution in [3.8, 4) is 0 Å². The molecule has 3 aromatic carbocycles. The van der Waals surface area contributed by atoms with Crippen LogP contribution in [0.4, 0.5) is 0 Å². The van der Waals surface area contributed by atoms with E-state index in [2.05, 4.69) is 50.2 Å². The third-order valence-corrected chi connectivity index (χ3v) is 10.0. The van der Waals surface area contributed by atoms with Gasteiger partial charge in [0.2, 0.25) is 11.8 Å². The zero-order chi connectivity index (χ0) is 37.3. The van der Waals surface area contributed by atoms with Gasteiger partial charge in [-0.3, -0.25) is 28.8 Å². The average Bonchev–Trinajstić information content (AvgIpc) is 3.85. The maximum absolute atomic E-state index is 13.8. The fourth-order valence-corrected chi connectivity index (χ4v) is 7.06. The highest BCUT2D eigenvalue weighted by molar-refractivity contribution is 6.01. The van der Waals surface area contributed by atoms with Gasteiger partial charge in [-0.2, -0.15) is 5.10 Å². The van der Waals surface area contributed by atoms with Gasteiger partial charge in [-0.25, -0.2) is 0 Å².